The molecule has 1 aromatic heterocycles. The Labute approximate surface area is 112 Å². The third-order valence-corrected chi connectivity index (χ3v) is 3.83. The molecule has 0 amide bonds. The van der Waals surface area contributed by atoms with Gasteiger partial charge >= 0.3 is 0 Å². The molecule has 0 unspecified atom stereocenters. The quantitative estimate of drug-likeness (QED) is 0.755. The van der Waals surface area contributed by atoms with Gasteiger partial charge in [-0.1, -0.05) is 6.92 Å². The van der Waals surface area contributed by atoms with Gasteiger partial charge in [0.1, 0.15) is 0 Å². The van der Waals surface area contributed by atoms with Crippen LogP contribution in [0.2, 0.25) is 0 Å². The van der Waals surface area contributed by atoms with Gasteiger partial charge in [-0.3, -0.25) is 0 Å². The molecule has 7 heteroatoms. The molecule has 0 saturated heterocycles. The zero-order valence-corrected chi connectivity index (χ0v) is 11.4. The minimum atomic E-state index is -3.59. The second-order valence-electron chi connectivity index (χ2n) is 3.99. The summed E-state index contributed by atoms with van der Waals surface area (Å²) in [6, 6.07) is 6.60. The number of aromatic amines is 1. The molecule has 102 valence electrons. The Morgan fingerprint density at radius 1 is 1.26 bits per heavy atom. The number of nitrogens with one attached hydrogen (secondary N) is 3. The van der Waals surface area contributed by atoms with Crippen molar-refractivity contribution < 1.29 is 8.42 Å². The highest BCUT2D eigenvalue weighted by Gasteiger charge is 2.14. The van der Waals surface area contributed by atoms with Crippen LogP contribution in [0.15, 0.2) is 41.6 Å². The van der Waals surface area contributed by atoms with E-state index in [9.17, 15) is 8.42 Å². The summed E-state index contributed by atoms with van der Waals surface area (Å²) < 4.78 is 26.4. The summed E-state index contributed by atoms with van der Waals surface area (Å²) in [7, 11) is -3.59. The van der Waals surface area contributed by atoms with Crippen molar-refractivity contribution in [3.05, 3.63) is 36.7 Å². The number of hydrogen-bond donors (Lipinski definition) is 3. The molecule has 0 fully saturated rings. The molecule has 0 spiro atoms. The van der Waals surface area contributed by atoms with E-state index in [2.05, 4.69) is 26.9 Å². The molecule has 2 aromatic rings. The number of anilines is 2. The summed E-state index contributed by atoms with van der Waals surface area (Å²) >= 11 is 0. The number of rotatable bonds is 6. The van der Waals surface area contributed by atoms with Crippen molar-refractivity contribution in [2.45, 2.75) is 18.2 Å². The van der Waals surface area contributed by atoms with E-state index >= 15 is 0 Å². The molecule has 0 bridgehead atoms. The highest BCUT2D eigenvalue weighted by molar-refractivity contribution is 7.92. The van der Waals surface area contributed by atoms with Gasteiger partial charge in [-0.15, -0.1) is 0 Å². The summed E-state index contributed by atoms with van der Waals surface area (Å²) in [5, 5.41) is 3.18. The van der Waals surface area contributed by atoms with Crippen LogP contribution in [0.5, 0.6) is 0 Å². The number of nitrogens with zero attached hydrogens (tertiary/aromatic N) is 1. The minimum Gasteiger partial charge on any atom is -0.385 e. The van der Waals surface area contributed by atoms with Gasteiger partial charge in [0, 0.05) is 24.6 Å². The Morgan fingerprint density at radius 3 is 2.58 bits per heavy atom. The summed E-state index contributed by atoms with van der Waals surface area (Å²) in [5.41, 5.74) is 0.902. The predicted molar refractivity (Wildman–Crippen MR) is 74.6 cm³/mol. The smallest absolute Gasteiger partial charge is 0.264 e. The van der Waals surface area contributed by atoms with Crippen molar-refractivity contribution in [3.63, 3.8) is 0 Å². The van der Waals surface area contributed by atoms with E-state index in [-0.39, 0.29) is 10.8 Å². The normalized spacial score (nSPS) is 11.2. The van der Waals surface area contributed by atoms with Crippen molar-refractivity contribution in [3.8, 4) is 0 Å². The summed E-state index contributed by atoms with van der Waals surface area (Å²) in [5.74, 6) is 0.202. The van der Waals surface area contributed by atoms with Crippen LogP contribution in [0.25, 0.3) is 0 Å². The van der Waals surface area contributed by atoms with E-state index in [1.165, 1.54) is 6.20 Å². The lowest BCUT2D eigenvalue weighted by atomic mass is 10.3. The first-order valence-corrected chi connectivity index (χ1v) is 7.46. The topological polar surface area (TPSA) is 86.9 Å². The zero-order valence-electron chi connectivity index (χ0n) is 10.6. The van der Waals surface area contributed by atoms with E-state index in [4.69, 9.17) is 0 Å². The van der Waals surface area contributed by atoms with Crippen molar-refractivity contribution >= 4 is 21.7 Å². The van der Waals surface area contributed by atoms with Crippen molar-refractivity contribution in [1.29, 1.82) is 0 Å². The molecule has 3 N–H and O–H groups in total. The van der Waals surface area contributed by atoms with Crippen LogP contribution in [0.4, 0.5) is 11.6 Å². The molecule has 1 aromatic carbocycles. The molecular weight excluding hydrogens is 264 g/mol. The maximum Gasteiger partial charge on any atom is 0.264 e. The Balaban J connectivity index is 2.12. The van der Waals surface area contributed by atoms with Gasteiger partial charge in [0.2, 0.25) is 5.95 Å². The minimum absolute atomic E-state index is 0.200. The van der Waals surface area contributed by atoms with E-state index < -0.39 is 10.0 Å². The van der Waals surface area contributed by atoms with Gasteiger partial charge in [0.15, 0.2) is 0 Å². The van der Waals surface area contributed by atoms with Crippen LogP contribution < -0.4 is 10.0 Å². The van der Waals surface area contributed by atoms with Crippen molar-refractivity contribution in [1.82, 2.24) is 9.97 Å². The lowest BCUT2D eigenvalue weighted by Gasteiger charge is -2.07. The maximum atomic E-state index is 12.0. The van der Waals surface area contributed by atoms with E-state index in [0.29, 0.717) is 0 Å². The molecule has 1 heterocycles. The third-order valence-electron chi connectivity index (χ3n) is 2.47. The SMILES string of the molecule is CCCNc1ccc(S(=O)(=O)Nc2ncc[nH]2)cc1. The van der Waals surface area contributed by atoms with Crippen molar-refractivity contribution in [2.24, 2.45) is 0 Å². The fraction of sp³-hybridized carbons (Fsp3) is 0.250. The largest absolute Gasteiger partial charge is 0.385 e. The van der Waals surface area contributed by atoms with Crippen LogP contribution in [-0.4, -0.2) is 24.9 Å². The van der Waals surface area contributed by atoms with E-state index in [0.717, 1.165) is 18.7 Å². The monoisotopic (exact) mass is 280 g/mol. The predicted octanol–water partition coefficient (Wildman–Crippen LogP) is 2.03. The Bertz CT molecular complexity index is 606. The summed E-state index contributed by atoms with van der Waals surface area (Å²) in [6.07, 6.45) is 4.05. The average Bonchev–Trinajstić information content (AvgIpc) is 2.89. The highest BCUT2D eigenvalue weighted by atomic mass is 32.2. The standard InChI is InChI=1S/C12H16N4O2S/c1-2-7-13-10-3-5-11(6-4-10)19(17,18)16-12-14-8-9-15-12/h3-6,8-9,13H,2,7H2,1H3,(H2,14,15,16). The Kier molecular flexibility index (Phi) is 4.06. The van der Waals surface area contributed by atoms with Gasteiger partial charge in [-0.25, -0.2) is 18.1 Å². The van der Waals surface area contributed by atoms with Crippen LogP contribution in [0.3, 0.4) is 0 Å². The number of imidazole rings is 1. The van der Waals surface area contributed by atoms with Gasteiger partial charge < -0.3 is 10.3 Å². The molecule has 0 atom stereocenters. The van der Waals surface area contributed by atoms with Crippen LogP contribution in [0, 0.1) is 0 Å². The fourth-order valence-corrected chi connectivity index (χ4v) is 2.51. The number of hydrogen-bond acceptors (Lipinski definition) is 4. The van der Waals surface area contributed by atoms with Gasteiger partial charge in [-0.05, 0) is 30.7 Å². The van der Waals surface area contributed by atoms with Crippen molar-refractivity contribution in [2.75, 3.05) is 16.6 Å². The summed E-state index contributed by atoms with van der Waals surface area (Å²) in [6.45, 7) is 2.93. The lowest BCUT2D eigenvalue weighted by Crippen LogP contribution is -2.14. The molecule has 0 saturated carbocycles. The second kappa shape index (κ2) is 5.75. The van der Waals surface area contributed by atoms with Crippen LogP contribution in [0.1, 0.15) is 13.3 Å². The fourth-order valence-electron chi connectivity index (χ4n) is 1.53. The molecule has 6 nitrogen and oxygen atoms in total. The third kappa shape index (κ3) is 3.47. The number of sulfonamides is 1. The summed E-state index contributed by atoms with van der Waals surface area (Å²) in [4.78, 5) is 6.72. The zero-order chi connectivity index (χ0) is 13.7. The first-order valence-electron chi connectivity index (χ1n) is 5.98. The first-order chi connectivity index (χ1) is 9.12. The Hall–Kier alpha value is -2.02. The molecule has 0 aliphatic heterocycles. The van der Waals surface area contributed by atoms with Crippen LogP contribution in [-0.2, 0) is 10.0 Å². The molecule has 0 radical (unpaired) electrons. The van der Waals surface area contributed by atoms with E-state index in [1.54, 1.807) is 30.5 Å². The van der Waals surface area contributed by atoms with Gasteiger partial charge in [-0.2, -0.15) is 0 Å². The molecule has 0 aliphatic carbocycles. The highest BCUT2D eigenvalue weighted by Crippen LogP contribution is 2.16. The molecular formula is C12H16N4O2S. The molecule has 0 aliphatic rings. The number of H-pyrrole nitrogens is 1. The average molecular weight is 280 g/mol. The Morgan fingerprint density at radius 2 is 2.00 bits per heavy atom. The number of benzene rings is 1. The van der Waals surface area contributed by atoms with Gasteiger partial charge in [0.25, 0.3) is 10.0 Å². The second-order valence-corrected chi connectivity index (χ2v) is 5.68. The maximum absolute atomic E-state index is 12.0. The first kappa shape index (κ1) is 13.4. The van der Waals surface area contributed by atoms with Gasteiger partial charge in [0.05, 0.1) is 4.90 Å². The lowest BCUT2D eigenvalue weighted by molar-refractivity contribution is 0.601. The van der Waals surface area contributed by atoms with Crippen LogP contribution >= 0.6 is 0 Å². The molecule has 19 heavy (non-hydrogen) atoms. The molecule has 2 rings (SSSR count). The van der Waals surface area contributed by atoms with E-state index in [1.807, 2.05) is 0 Å². The number of aromatic nitrogens is 2.